The molecule has 0 spiro atoms. The van der Waals surface area contributed by atoms with Crippen molar-refractivity contribution in [2.24, 2.45) is 0 Å². The van der Waals surface area contributed by atoms with Gasteiger partial charge in [0.25, 0.3) is 5.89 Å². The van der Waals surface area contributed by atoms with Gasteiger partial charge in [0, 0.05) is 16.5 Å². The van der Waals surface area contributed by atoms with Gasteiger partial charge in [0.15, 0.2) is 18.1 Å². The molecule has 0 aliphatic carbocycles. The summed E-state index contributed by atoms with van der Waals surface area (Å²) in [5.41, 5.74) is 1.92. The van der Waals surface area contributed by atoms with Crippen LogP contribution in [0.25, 0.3) is 22.3 Å². The molecule has 0 bridgehead atoms. The Morgan fingerprint density at radius 1 is 1.07 bits per heavy atom. The number of methoxy groups -OCH3 is 2. The number of carbonyl (C=O) groups excluding carboxylic acids is 1. The number of fused-ring (bicyclic) bond motifs is 1. The fourth-order valence-electron chi connectivity index (χ4n) is 2.79. The number of nitrogens with one attached hydrogen (secondary N) is 1. The average Bonchev–Trinajstić information content (AvgIpc) is 3.38. The lowest BCUT2D eigenvalue weighted by Crippen LogP contribution is -2.05. The minimum atomic E-state index is -0.498. The average molecular weight is 379 g/mol. The van der Waals surface area contributed by atoms with E-state index in [1.165, 1.54) is 0 Å². The minimum Gasteiger partial charge on any atom is -0.493 e. The number of nitrogens with zero attached hydrogens (tertiary/aromatic N) is 2. The molecule has 28 heavy (non-hydrogen) atoms. The van der Waals surface area contributed by atoms with Crippen LogP contribution in [-0.2, 0) is 11.3 Å². The molecular formula is C20H17N3O5. The predicted octanol–water partition coefficient (Wildman–Crippen LogP) is 3.59. The Morgan fingerprint density at radius 3 is 2.68 bits per heavy atom. The number of H-pyrrole nitrogens is 1. The predicted molar refractivity (Wildman–Crippen MR) is 100 cm³/mol. The maximum atomic E-state index is 12.2. The highest BCUT2D eigenvalue weighted by Crippen LogP contribution is 2.31. The second-order valence-corrected chi connectivity index (χ2v) is 5.93. The number of esters is 1. The van der Waals surface area contributed by atoms with E-state index in [4.69, 9.17) is 18.7 Å². The van der Waals surface area contributed by atoms with E-state index in [2.05, 4.69) is 15.1 Å². The van der Waals surface area contributed by atoms with Crippen LogP contribution in [0.1, 0.15) is 16.4 Å². The van der Waals surface area contributed by atoms with E-state index in [1.54, 1.807) is 38.5 Å². The highest BCUT2D eigenvalue weighted by Gasteiger charge is 2.15. The molecule has 4 rings (SSSR count). The lowest BCUT2D eigenvalue weighted by molar-refractivity contribution is 0.0424. The lowest BCUT2D eigenvalue weighted by Gasteiger charge is -2.07. The van der Waals surface area contributed by atoms with Gasteiger partial charge in [-0.1, -0.05) is 23.4 Å². The Kier molecular flexibility index (Phi) is 4.67. The first-order chi connectivity index (χ1) is 13.7. The second-order valence-electron chi connectivity index (χ2n) is 5.93. The van der Waals surface area contributed by atoms with E-state index in [1.807, 2.05) is 24.3 Å². The van der Waals surface area contributed by atoms with Gasteiger partial charge in [-0.15, -0.1) is 0 Å². The molecule has 142 valence electrons. The molecule has 0 amide bonds. The van der Waals surface area contributed by atoms with Gasteiger partial charge in [0.05, 0.1) is 14.2 Å². The summed E-state index contributed by atoms with van der Waals surface area (Å²) in [5.74, 6) is 1.20. The van der Waals surface area contributed by atoms with Crippen molar-refractivity contribution in [3.05, 3.63) is 60.1 Å². The van der Waals surface area contributed by atoms with Crippen LogP contribution in [-0.4, -0.2) is 35.3 Å². The van der Waals surface area contributed by atoms with Gasteiger partial charge in [0.1, 0.15) is 5.69 Å². The first kappa shape index (κ1) is 17.6. The quantitative estimate of drug-likeness (QED) is 0.511. The zero-order valence-corrected chi connectivity index (χ0v) is 15.3. The molecule has 0 fully saturated rings. The Balaban J connectivity index is 1.45. The van der Waals surface area contributed by atoms with Crippen molar-refractivity contribution in [3.63, 3.8) is 0 Å². The van der Waals surface area contributed by atoms with Crippen LogP contribution in [0.3, 0.4) is 0 Å². The number of aromatic nitrogens is 3. The van der Waals surface area contributed by atoms with Crippen LogP contribution in [0.4, 0.5) is 0 Å². The number of ether oxygens (including phenoxy) is 3. The molecule has 4 aromatic rings. The van der Waals surface area contributed by atoms with E-state index < -0.39 is 5.97 Å². The molecule has 2 aromatic carbocycles. The third kappa shape index (κ3) is 3.39. The summed E-state index contributed by atoms with van der Waals surface area (Å²) in [6, 6.07) is 14.6. The Morgan fingerprint density at radius 2 is 1.89 bits per heavy atom. The number of para-hydroxylation sites is 1. The van der Waals surface area contributed by atoms with E-state index in [9.17, 15) is 4.79 Å². The standard InChI is InChI=1S/C20H17N3O5/c1-25-16-8-7-13(10-17(16)26-2)19-22-18(28-23-19)11-27-20(24)15-9-12-5-3-4-6-14(12)21-15/h3-10,21H,11H2,1-2H3. The molecule has 0 unspecified atom stereocenters. The van der Waals surface area contributed by atoms with Gasteiger partial charge in [-0.05, 0) is 30.3 Å². The molecule has 0 atom stereocenters. The summed E-state index contributed by atoms with van der Waals surface area (Å²) in [4.78, 5) is 19.5. The maximum Gasteiger partial charge on any atom is 0.355 e. The maximum absolute atomic E-state index is 12.2. The van der Waals surface area contributed by atoms with E-state index in [0.717, 1.165) is 10.9 Å². The molecular weight excluding hydrogens is 362 g/mol. The third-order valence-electron chi connectivity index (χ3n) is 4.19. The van der Waals surface area contributed by atoms with E-state index in [-0.39, 0.29) is 12.5 Å². The van der Waals surface area contributed by atoms with Gasteiger partial charge >= 0.3 is 5.97 Å². The normalized spacial score (nSPS) is 10.8. The summed E-state index contributed by atoms with van der Waals surface area (Å²) in [7, 11) is 3.11. The van der Waals surface area contributed by atoms with Crippen LogP contribution in [0.5, 0.6) is 11.5 Å². The van der Waals surface area contributed by atoms with Gasteiger partial charge in [-0.2, -0.15) is 4.98 Å². The lowest BCUT2D eigenvalue weighted by atomic mass is 10.2. The van der Waals surface area contributed by atoms with Crippen molar-refractivity contribution in [2.45, 2.75) is 6.61 Å². The Bertz CT molecular complexity index is 1100. The monoisotopic (exact) mass is 379 g/mol. The number of carbonyl (C=O) groups is 1. The molecule has 2 aromatic heterocycles. The number of hydrogen-bond donors (Lipinski definition) is 1. The molecule has 0 radical (unpaired) electrons. The van der Waals surface area contributed by atoms with Crippen LogP contribution in [0.15, 0.2) is 53.1 Å². The Hall–Kier alpha value is -3.81. The van der Waals surface area contributed by atoms with E-state index >= 15 is 0 Å². The molecule has 0 saturated heterocycles. The molecule has 8 nitrogen and oxygen atoms in total. The van der Waals surface area contributed by atoms with Crippen LogP contribution < -0.4 is 9.47 Å². The fourth-order valence-corrected chi connectivity index (χ4v) is 2.79. The molecule has 0 aliphatic rings. The van der Waals surface area contributed by atoms with Crippen LogP contribution in [0, 0.1) is 0 Å². The van der Waals surface area contributed by atoms with Crippen molar-refractivity contribution in [2.75, 3.05) is 14.2 Å². The van der Waals surface area contributed by atoms with Crippen molar-refractivity contribution in [1.82, 2.24) is 15.1 Å². The first-order valence-electron chi connectivity index (χ1n) is 8.48. The summed E-state index contributed by atoms with van der Waals surface area (Å²) in [6.07, 6.45) is 0. The number of rotatable bonds is 6. The van der Waals surface area contributed by atoms with Crippen molar-refractivity contribution >= 4 is 16.9 Å². The van der Waals surface area contributed by atoms with Gasteiger partial charge < -0.3 is 23.7 Å². The Labute approximate surface area is 160 Å². The summed E-state index contributed by atoms with van der Waals surface area (Å²) >= 11 is 0. The van der Waals surface area contributed by atoms with Crippen molar-refractivity contribution < 1.29 is 23.5 Å². The molecule has 1 N–H and O–H groups in total. The molecule has 0 aliphatic heterocycles. The highest BCUT2D eigenvalue weighted by atomic mass is 16.6. The van der Waals surface area contributed by atoms with Gasteiger partial charge in [-0.25, -0.2) is 4.79 Å². The summed E-state index contributed by atoms with van der Waals surface area (Å²) in [5, 5.41) is 4.85. The topological polar surface area (TPSA) is 99.5 Å². The fraction of sp³-hybridized carbons (Fsp3) is 0.150. The number of aromatic amines is 1. The zero-order valence-electron chi connectivity index (χ0n) is 15.3. The second kappa shape index (κ2) is 7.43. The van der Waals surface area contributed by atoms with Gasteiger partial charge in [0.2, 0.25) is 5.82 Å². The van der Waals surface area contributed by atoms with Crippen LogP contribution >= 0.6 is 0 Å². The first-order valence-corrected chi connectivity index (χ1v) is 8.48. The largest absolute Gasteiger partial charge is 0.493 e. The molecule has 0 saturated carbocycles. The SMILES string of the molecule is COc1ccc(-c2noc(COC(=O)c3cc4ccccc4[nH]3)n2)cc1OC. The zero-order chi connectivity index (χ0) is 19.5. The smallest absolute Gasteiger partial charge is 0.355 e. The third-order valence-corrected chi connectivity index (χ3v) is 4.19. The summed E-state index contributed by atoms with van der Waals surface area (Å²) in [6.45, 7) is -0.130. The number of benzene rings is 2. The highest BCUT2D eigenvalue weighted by molar-refractivity contribution is 5.94. The van der Waals surface area contributed by atoms with Crippen LogP contribution in [0.2, 0.25) is 0 Å². The van der Waals surface area contributed by atoms with Gasteiger partial charge in [-0.3, -0.25) is 0 Å². The molecule has 2 heterocycles. The van der Waals surface area contributed by atoms with Crippen molar-refractivity contribution in [3.8, 4) is 22.9 Å². The number of hydrogen-bond acceptors (Lipinski definition) is 7. The summed E-state index contributed by atoms with van der Waals surface area (Å²) < 4.78 is 20.9. The van der Waals surface area contributed by atoms with Crippen molar-refractivity contribution in [1.29, 1.82) is 0 Å². The van der Waals surface area contributed by atoms with E-state index in [0.29, 0.717) is 28.6 Å². The minimum absolute atomic E-state index is 0.130. The molecule has 8 heteroatoms.